The van der Waals surface area contributed by atoms with Gasteiger partial charge in [-0.05, 0) is 35.9 Å². The molecule has 2 aromatic rings. The van der Waals surface area contributed by atoms with Gasteiger partial charge in [-0.1, -0.05) is 28.1 Å². The van der Waals surface area contributed by atoms with E-state index in [0.29, 0.717) is 6.54 Å². The Morgan fingerprint density at radius 3 is 2.74 bits per heavy atom. The molecule has 4 nitrogen and oxygen atoms in total. The Balaban J connectivity index is 2.12. The molecular formula is C14H13BrN2O2. The molecule has 0 saturated carbocycles. The third-order valence-electron chi connectivity index (χ3n) is 2.67. The lowest BCUT2D eigenvalue weighted by atomic mass is 10.1. The van der Waals surface area contributed by atoms with Crippen LogP contribution >= 0.6 is 15.9 Å². The zero-order valence-electron chi connectivity index (χ0n) is 10.1. The number of nitrogen functional groups attached to an aromatic ring is 1. The van der Waals surface area contributed by atoms with Crippen molar-refractivity contribution in [2.75, 3.05) is 11.1 Å². The quantitative estimate of drug-likeness (QED) is 0.755. The van der Waals surface area contributed by atoms with Gasteiger partial charge in [0.2, 0.25) is 0 Å². The smallest absolute Gasteiger partial charge is 0.337 e. The van der Waals surface area contributed by atoms with E-state index in [2.05, 4.69) is 21.2 Å². The number of nitrogens with one attached hydrogen (secondary N) is 1. The Kier molecular flexibility index (Phi) is 4.06. The lowest BCUT2D eigenvalue weighted by molar-refractivity contribution is 0.0698. The summed E-state index contributed by atoms with van der Waals surface area (Å²) in [4.78, 5) is 11.0. The van der Waals surface area contributed by atoms with Crippen LogP contribution in [0.3, 0.4) is 0 Å². The van der Waals surface area contributed by atoms with Crippen molar-refractivity contribution in [3.05, 3.63) is 58.1 Å². The molecule has 19 heavy (non-hydrogen) atoms. The number of nitrogens with two attached hydrogens (primary N) is 1. The van der Waals surface area contributed by atoms with E-state index in [9.17, 15) is 4.79 Å². The topological polar surface area (TPSA) is 75.3 Å². The lowest BCUT2D eigenvalue weighted by Gasteiger charge is -2.09. The molecule has 0 aliphatic heterocycles. The summed E-state index contributed by atoms with van der Waals surface area (Å²) in [6, 6.07) is 12.8. The maximum Gasteiger partial charge on any atom is 0.337 e. The summed E-state index contributed by atoms with van der Waals surface area (Å²) in [7, 11) is 0. The summed E-state index contributed by atoms with van der Waals surface area (Å²) in [5.74, 6) is -1.02. The molecule has 0 fully saturated rings. The number of hydrogen-bond acceptors (Lipinski definition) is 3. The number of aromatic carboxylic acids is 1. The van der Waals surface area contributed by atoms with Crippen LogP contribution in [0.4, 0.5) is 11.4 Å². The SMILES string of the molecule is Nc1ccc(NCc2cccc(Br)c2)cc1C(=O)O. The van der Waals surface area contributed by atoms with Crippen LogP contribution in [0.2, 0.25) is 0 Å². The predicted molar refractivity (Wildman–Crippen MR) is 79.3 cm³/mol. The first-order chi connectivity index (χ1) is 9.06. The minimum atomic E-state index is -1.02. The first-order valence-electron chi connectivity index (χ1n) is 5.67. The Morgan fingerprint density at radius 1 is 1.26 bits per heavy atom. The molecule has 0 unspecified atom stereocenters. The summed E-state index contributed by atoms with van der Waals surface area (Å²) >= 11 is 3.41. The first kappa shape index (κ1) is 13.4. The van der Waals surface area contributed by atoms with E-state index in [1.54, 1.807) is 12.1 Å². The average molecular weight is 321 g/mol. The van der Waals surface area contributed by atoms with E-state index >= 15 is 0 Å². The van der Waals surface area contributed by atoms with Crippen LogP contribution in [0.1, 0.15) is 15.9 Å². The molecule has 0 aliphatic carbocycles. The van der Waals surface area contributed by atoms with Gasteiger partial charge in [0.25, 0.3) is 0 Å². The van der Waals surface area contributed by atoms with Crippen molar-refractivity contribution in [1.29, 1.82) is 0 Å². The van der Waals surface area contributed by atoms with Crippen LogP contribution in [0.5, 0.6) is 0 Å². The van der Waals surface area contributed by atoms with E-state index in [0.717, 1.165) is 15.7 Å². The zero-order valence-corrected chi connectivity index (χ0v) is 11.6. The third-order valence-corrected chi connectivity index (χ3v) is 3.16. The van der Waals surface area contributed by atoms with Crippen LogP contribution in [-0.2, 0) is 6.54 Å². The maximum absolute atomic E-state index is 11.0. The number of carboxylic acid groups (broad SMARTS) is 1. The number of benzene rings is 2. The standard InChI is InChI=1S/C14H13BrN2O2/c15-10-3-1-2-9(6-10)8-17-11-4-5-13(16)12(7-11)14(18)19/h1-7,17H,8,16H2,(H,18,19). The minimum Gasteiger partial charge on any atom is -0.478 e. The normalized spacial score (nSPS) is 10.2. The first-order valence-corrected chi connectivity index (χ1v) is 6.46. The van der Waals surface area contributed by atoms with Crippen molar-refractivity contribution in [3.8, 4) is 0 Å². The molecule has 0 aliphatic rings. The fourth-order valence-electron chi connectivity index (χ4n) is 1.70. The van der Waals surface area contributed by atoms with Crippen LogP contribution < -0.4 is 11.1 Å². The van der Waals surface area contributed by atoms with Crippen molar-refractivity contribution in [3.63, 3.8) is 0 Å². The highest BCUT2D eigenvalue weighted by Crippen LogP contribution is 2.19. The molecule has 0 spiro atoms. The van der Waals surface area contributed by atoms with Gasteiger partial charge in [0.15, 0.2) is 0 Å². The molecule has 0 heterocycles. The second kappa shape index (κ2) is 5.75. The highest BCUT2D eigenvalue weighted by molar-refractivity contribution is 9.10. The molecule has 0 saturated heterocycles. The van der Waals surface area contributed by atoms with Gasteiger partial charge < -0.3 is 16.2 Å². The summed E-state index contributed by atoms with van der Waals surface area (Å²) in [6.45, 7) is 0.614. The number of hydrogen-bond donors (Lipinski definition) is 3. The van der Waals surface area contributed by atoms with Crippen molar-refractivity contribution in [1.82, 2.24) is 0 Å². The Labute approximate surface area is 119 Å². The van der Waals surface area contributed by atoms with E-state index in [1.165, 1.54) is 6.07 Å². The number of anilines is 2. The summed E-state index contributed by atoms with van der Waals surface area (Å²) in [6.07, 6.45) is 0. The predicted octanol–water partition coefficient (Wildman–Crippen LogP) is 3.34. The highest BCUT2D eigenvalue weighted by Gasteiger charge is 2.08. The van der Waals surface area contributed by atoms with Crippen LogP contribution in [-0.4, -0.2) is 11.1 Å². The molecular weight excluding hydrogens is 308 g/mol. The van der Waals surface area contributed by atoms with E-state index in [-0.39, 0.29) is 11.3 Å². The molecule has 2 aromatic carbocycles. The van der Waals surface area contributed by atoms with Crippen molar-refractivity contribution < 1.29 is 9.90 Å². The minimum absolute atomic E-state index is 0.110. The van der Waals surface area contributed by atoms with Crippen molar-refractivity contribution >= 4 is 33.3 Å². The number of halogens is 1. The zero-order chi connectivity index (χ0) is 13.8. The molecule has 2 rings (SSSR count). The largest absolute Gasteiger partial charge is 0.478 e. The van der Waals surface area contributed by atoms with Crippen LogP contribution in [0.25, 0.3) is 0 Å². The number of carbonyl (C=O) groups is 1. The van der Waals surface area contributed by atoms with Gasteiger partial charge in [0.05, 0.1) is 5.56 Å². The number of carboxylic acids is 1. The Hall–Kier alpha value is -2.01. The van der Waals surface area contributed by atoms with E-state index in [4.69, 9.17) is 10.8 Å². The molecule has 4 N–H and O–H groups in total. The fourth-order valence-corrected chi connectivity index (χ4v) is 2.15. The second-order valence-corrected chi connectivity index (χ2v) is 5.01. The monoisotopic (exact) mass is 320 g/mol. The summed E-state index contributed by atoms with van der Waals surface area (Å²) < 4.78 is 1.01. The van der Waals surface area contributed by atoms with Gasteiger partial charge in [0.1, 0.15) is 0 Å². The molecule has 0 aromatic heterocycles. The van der Waals surface area contributed by atoms with Crippen molar-refractivity contribution in [2.45, 2.75) is 6.54 Å². The highest BCUT2D eigenvalue weighted by atomic mass is 79.9. The number of rotatable bonds is 4. The van der Waals surface area contributed by atoms with Gasteiger partial charge in [-0.15, -0.1) is 0 Å². The van der Waals surface area contributed by atoms with Gasteiger partial charge in [-0.3, -0.25) is 0 Å². The summed E-state index contributed by atoms with van der Waals surface area (Å²) in [5, 5.41) is 12.2. The Bertz CT molecular complexity index is 614. The van der Waals surface area contributed by atoms with Crippen LogP contribution in [0, 0.1) is 0 Å². The molecule has 98 valence electrons. The molecule has 5 heteroatoms. The van der Waals surface area contributed by atoms with Gasteiger partial charge >= 0.3 is 5.97 Å². The molecule has 0 amide bonds. The molecule has 0 radical (unpaired) electrons. The Morgan fingerprint density at radius 2 is 2.05 bits per heavy atom. The van der Waals surface area contributed by atoms with E-state index < -0.39 is 5.97 Å². The molecule has 0 atom stereocenters. The second-order valence-electron chi connectivity index (χ2n) is 4.09. The fraction of sp³-hybridized carbons (Fsp3) is 0.0714. The van der Waals surface area contributed by atoms with Crippen molar-refractivity contribution in [2.24, 2.45) is 0 Å². The van der Waals surface area contributed by atoms with E-state index in [1.807, 2.05) is 24.3 Å². The van der Waals surface area contributed by atoms with Gasteiger partial charge in [0, 0.05) is 22.4 Å². The summed E-state index contributed by atoms with van der Waals surface area (Å²) in [5.41, 5.74) is 7.81. The van der Waals surface area contributed by atoms with Gasteiger partial charge in [-0.25, -0.2) is 4.79 Å². The van der Waals surface area contributed by atoms with Crippen LogP contribution in [0.15, 0.2) is 46.9 Å². The maximum atomic E-state index is 11.0. The third kappa shape index (κ3) is 3.48. The lowest BCUT2D eigenvalue weighted by Crippen LogP contribution is -2.05. The average Bonchev–Trinajstić information content (AvgIpc) is 2.37. The van der Waals surface area contributed by atoms with Gasteiger partial charge in [-0.2, -0.15) is 0 Å². The molecule has 0 bridgehead atoms.